The molecule has 240 valence electrons. The molecule has 2 fully saturated rings. The highest BCUT2D eigenvalue weighted by Crippen LogP contribution is 2.44. The van der Waals surface area contributed by atoms with E-state index < -0.39 is 5.92 Å². The lowest BCUT2D eigenvalue weighted by atomic mass is 9.77. The Kier molecular flexibility index (Phi) is 10.4. The van der Waals surface area contributed by atoms with Crippen LogP contribution in [0.25, 0.3) is 11.1 Å². The van der Waals surface area contributed by atoms with Gasteiger partial charge in [-0.3, -0.25) is 14.5 Å². The van der Waals surface area contributed by atoms with E-state index in [9.17, 15) is 18.4 Å². The SMILES string of the molecule is CCOCc1cc(CN2CCC3(CC2)CC(=O)N(C2=CC=C(C(=O)P)C=CC2)C3)cc(OCC)c1-c1ccc(C(C)(F)F)cc1. The summed E-state index contributed by atoms with van der Waals surface area (Å²) in [7, 11) is 2.20. The highest BCUT2D eigenvalue weighted by molar-refractivity contribution is 7.41. The summed E-state index contributed by atoms with van der Waals surface area (Å²) >= 11 is 0. The molecule has 1 amide bonds. The Morgan fingerprint density at radius 1 is 1.07 bits per heavy atom. The smallest absolute Gasteiger partial charge is 0.270 e. The van der Waals surface area contributed by atoms with Gasteiger partial charge < -0.3 is 14.4 Å². The largest absolute Gasteiger partial charge is 0.493 e. The molecule has 0 saturated carbocycles. The summed E-state index contributed by atoms with van der Waals surface area (Å²) in [5.74, 6) is -2.03. The zero-order valence-corrected chi connectivity index (χ0v) is 27.6. The first kappa shape index (κ1) is 33.2. The number of hydrogen-bond donors (Lipinski definition) is 0. The van der Waals surface area contributed by atoms with Gasteiger partial charge in [0.05, 0.1) is 13.2 Å². The lowest BCUT2D eigenvalue weighted by Crippen LogP contribution is -2.41. The molecule has 5 rings (SSSR count). The Hall–Kier alpha value is -3.19. The van der Waals surface area contributed by atoms with E-state index in [0.717, 1.165) is 73.1 Å². The lowest BCUT2D eigenvalue weighted by molar-refractivity contribution is -0.126. The maximum atomic E-state index is 13.9. The van der Waals surface area contributed by atoms with Crippen LogP contribution in [0.15, 0.2) is 72.0 Å². The zero-order chi connectivity index (χ0) is 32.2. The molecule has 3 aliphatic rings. The molecule has 1 atom stereocenters. The van der Waals surface area contributed by atoms with Gasteiger partial charge in [0.1, 0.15) is 5.75 Å². The topological polar surface area (TPSA) is 59.1 Å². The van der Waals surface area contributed by atoms with Gasteiger partial charge in [-0.1, -0.05) is 51.7 Å². The number of nitrogens with zero attached hydrogens (tertiary/aromatic N) is 2. The molecule has 0 bridgehead atoms. The summed E-state index contributed by atoms with van der Waals surface area (Å²) in [5, 5.41) is 0. The third-order valence-corrected chi connectivity index (χ3v) is 9.37. The van der Waals surface area contributed by atoms with Crippen molar-refractivity contribution in [2.45, 2.75) is 65.5 Å². The highest BCUT2D eigenvalue weighted by atomic mass is 31.0. The number of rotatable bonds is 11. The van der Waals surface area contributed by atoms with Gasteiger partial charge in [0.25, 0.3) is 5.92 Å². The second-order valence-electron chi connectivity index (χ2n) is 12.3. The number of piperidine rings is 1. The third kappa shape index (κ3) is 7.79. The van der Waals surface area contributed by atoms with Crippen molar-refractivity contribution in [1.29, 1.82) is 0 Å². The Labute approximate surface area is 267 Å². The Morgan fingerprint density at radius 2 is 1.80 bits per heavy atom. The maximum Gasteiger partial charge on any atom is 0.270 e. The lowest BCUT2D eigenvalue weighted by Gasteiger charge is -2.39. The number of alkyl halides is 2. The molecule has 2 aliphatic heterocycles. The summed E-state index contributed by atoms with van der Waals surface area (Å²) in [4.78, 5) is 29.3. The number of allylic oxidation sites excluding steroid dienone is 5. The van der Waals surface area contributed by atoms with Crippen LogP contribution in [-0.4, -0.2) is 54.1 Å². The Bertz CT molecular complexity index is 1500. The normalized spacial score (nSPS) is 18.6. The minimum Gasteiger partial charge on any atom is -0.493 e. The molecule has 45 heavy (non-hydrogen) atoms. The number of benzene rings is 2. The average Bonchev–Trinajstić information content (AvgIpc) is 3.15. The molecule has 2 heterocycles. The van der Waals surface area contributed by atoms with E-state index in [-0.39, 0.29) is 22.4 Å². The molecule has 0 aromatic heterocycles. The maximum absolute atomic E-state index is 13.9. The van der Waals surface area contributed by atoms with Gasteiger partial charge in [0.2, 0.25) is 5.91 Å². The van der Waals surface area contributed by atoms with Crippen molar-refractivity contribution in [3.8, 4) is 16.9 Å². The number of carbonyl (C=O) groups excluding carboxylic acids is 2. The van der Waals surface area contributed by atoms with Crippen LogP contribution in [0.3, 0.4) is 0 Å². The molecule has 9 heteroatoms. The van der Waals surface area contributed by atoms with E-state index in [2.05, 4.69) is 26.3 Å². The van der Waals surface area contributed by atoms with Crippen molar-refractivity contribution in [3.63, 3.8) is 0 Å². The van der Waals surface area contributed by atoms with E-state index >= 15 is 0 Å². The van der Waals surface area contributed by atoms with E-state index in [1.165, 1.54) is 12.1 Å². The molecule has 0 radical (unpaired) electrons. The van der Waals surface area contributed by atoms with Crippen LogP contribution in [-0.2, 0) is 33.4 Å². The molecule has 2 aromatic carbocycles. The first-order chi connectivity index (χ1) is 21.5. The molecule has 6 nitrogen and oxygen atoms in total. The first-order valence-electron chi connectivity index (χ1n) is 15.8. The number of likely N-dealkylation sites (tertiary alicyclic amines) is 2. The van der Waals surface area contributed by atoms with Crippen molar-refractivity contribution in [2.75, 3.05) is 32.8 Å². The molecular formula is C36H43F2N2O4P. The highest BCUT2D eigenvalue weighted by Gasteiger charge is 2.45. The molecule has 1 spiro atoms. The van der Waals surface area contributed by atoms with Crippen molar-refractivity contribution >= 4 is 20.7 Å². The summed E-state index contributed by atoms with van der Waals surface area (Å²) < 4.78 is 39.8. The number of ether oxygens (including phenoxy) is 2. The minimum absolute atomic E-state index is 0.0249. The van der Waals surface area contributed by atoms with Gasteiger partial charge in [-0.25, -0.2) is 8.78 Å². The van der Waals surface area contributed by atoms with E-state index in [4.69, 9.17) is 9.47 Å². The second kappa shape index (κ2) is 14.1. The van der Waals surface area contributed by atoms with Crippen LogP contribution in [0.4, 0.5) is 8.78 Å². The Morgan fingerprint density at radius 3 is 2.44 bits per heavy atom. The number of hydrogen-bond acceptors (Lipinski definition) is 5. The van der Waals surface area contributed by atoms with Crippen molar-refractivity contribution in [3.05, 3.63) is 88.7 Å². The van der Waals surface area contributed by atoms with Crippen LogP contribution in [0.2, 0.25) is 0 Å². The van der Waals surface area contributed by atoms with Gasteiger partial charge in [0, 0.05) is 61.9 Å². The third-order valence-electron chi connectivity index (χ3n) is 9.04. The molecule has 1 unspecified atom stereocenters. The van der Waals surface area contributed by atoms with Gasteiger partial charge in [0.15, 0.2) is 5.52 Å². The van der Waals surface area contributed by atoms with Crippen LogP contribution in [0.5, 0.6) is 5.75 Å². The predicted molar refractivity (Wildman–Crippen MR) is 176 cm³/mol. The molecule has 2 saturated heterocycles. The standard InChI is InChI=1S/C36H43F2N2O4P/c1-4-43-23-28-19-25(20-31(44-5-2)33(28)26-9-12-29(13-10-26)35(3,37)38)22-39-17-15-36(16-18-39)21-32(41)40(24-36)30-8-6-7-27(11-14-30)34(42)45/h6-7,9-14,19-20H,4-5,8,15-18,21-24,45H2,1-3H3. The van der Waals surface area contributed by atoms with Crippen LogP contribution < -0.4 is 4.74 Å². The van der Waals surface area contributed by atoms with Crippen molar-refractivity contribution < 1.29 is 27.8 Å². The second-order valence-corrected chi connectivity index (χ2v) is 12.9. The molecule has 1 aliphatic carbocycles. The van der Waals surface area contributed by atoms with E-state index in [0.29, 0.717) is 44.8 Å². The molecule has 0 N–H and O–H groups in total. The number of carbonyl (C=O) groups is 2. The quantitative estimate of drug-likeness (QED) is 0.241. The summed E-state index contributed by atoms with van der Waals surface area (Å²) in [6.07, 6.45) is 10.5. The van der Waals surface area contributed by atoms with E-state index in [1.54, 1.807) is 18.2 Å². The Balaban J connectivity index is 1.31. The van der Waals surface area contributed by atoms with E-state index in [1.807, 2.05) is 37.0 Å². The van der Waals surface area contributed by atoms with Crippen molar-refractivity contribution in [1.82, 2.24) is 9.80 Å². The first-order valence-corrected chi connectivity index (χ1v) is 16.3. The summed E-state index contributed by atoms with van der Waals surface area (Å²) in [6, 6.07) is 10.6. The molecular weight excluding hydrogens is 593 g/mol. The number of amides is 1. The van der Waals surface area contributed by atoms with Gasteiger partial charge >= 0.3 is 0 Å². The molecule has 2 aromatic rings. The van der Waals surface area contributed by atoms with Crippen LogP contribution >= 0.6 is 9.24 Å². The zero-order valence-electron chi connectivity index (χ0n) is 26.4. The monoisotopic (exact) mass is 636 g/mol. The summed E-state index contributed by atoms with van der Waals surface area (Å²) in [6.45, 7) is 9.42. The fourth-order valence-electron chi connectivity index (χ4n) is 6.60. The predicted octanol–water partition coefficient (Wildman–Crippen LogP) is 7.39. The number of halogens is 2. The van der Waals surface area contributed by atoms with Gasteiger partial charge in [-0.2, -0.15) is 0 Å². The van der Waals surface area contributed by atoms with Crippen LogP contribution in [0, 0.1) is 5.41 Å². The van der Waals surface area contributed by atoms with Crippen molar-refractivity contribution in [2.24, 2.45) is 5.41 Å². The fraction of sp³-hybridized carbons (Fsp3) is 0.444. The summed E-state index contributed by atoms with van der Waals surface area (Å²) in [5.41, 5.74) is 5.18. The van der Waals surface area contributed by atoms with Gasteiger partial charge in [-0.15, -0.1) is 0 Å². The van der Waals surface area contributed by atoms with Crippen LogP contribution in [0.1, 0.15) is 63.1 Å². The fourth-order valence-corrected chi connectivity index (χ4v) is 6.79. The van der Waals surface area contributed by atoms with Gasteiger partial charge in [-0.05, 0) is 80.1 Å². The minimum atomic E-state index is -2.91. The average molecular weight is 637 g/mol.